The monoisotopic (exact) mass is 367 g/mol. The highest BCUT2D eigenvalue weighted by Gasteiger charge is 2.19. The molecule has 1 saturated heterocycles. The summed E-state index contributed by atoms with van der Waals surface area (Å²) in [4.78, 5) is 14.4. The molecular formula is C20H25N5O2. The van der Waals surface area contributed by atoms with E-state index in [0.717, 1.165) is 29.6 Å². The molecule has 0 saturated carbocycles. The van der Waals surface area contributed by atoms with Crippen molar-refractivity contribution in [1.82, 2.24) is 25.0 Å². The summed E-state index contributed by atoms with van der Waals surface area (Å²) in [6.45, 7) is 5.68. The second kappa shape index (κ2) is 7.92. The van der Waals surface area contributed by atoms with Gasteiger partial charge in [0, 0.05) is 23.6 Å². The zero-order valence-electron chi connectivity index (χ0n) is 15.6. The van der Waals surface area contributed by atoms with Gasteiger partial charge < -0.3 is 14.3 Å². The van der Waals surface area contributed by atoms with Crippen LogP contribution in [-0.2, 0) is 17.9 Å². The number of likely N-dealkylation sites (tertiary alicyclic amines) is 1. The van der Waals surface area contributed by atoms with Crippen LogP contribution in [0.25, 0.3) is 22.4 Å². The number of fused-ring (bicyclic) bond motifs is 1. The Bertz CT molecular complexity index is 923. The lowest BCUT2D eigenvalue weighted by Crippen LogP contribution is -2.29. The van der Waals surface area contributed by atoms with Crippen LogP contribution < -0.4 is 5.32 Å². The molecule has 2 aromatic heterocycles. The van der Waals surface area contributed by atoms with Gasteiger partial charge in [-0.05, 0) is 38.9 Å². The molecule has 1 N–H and O–H groups in total. The maximum Gasteiger partial charge on any atom is 0.249 e. The topological polar surface area (TPSA) is 76.2 Å². The molecule has 1 fully saturated rings. The molecule has 4 rings (SSSR count). The van der Waals surface area contributed by atoms with E-state index in [0.29, 0.717) is 24.9 Å². The fraction of sp³-hybridized carbons (Fsp3) is 0.450. The smallest absolute Gasteiger partial charge is 0.249 e. The Labute approximate surface area is 158 Å². The largest absolute Gasteiger partial charge is 0.419 e. The number of para-hydroxylation sites is 1. The fourth-order valence-corrected chi connectivity index (χ4v) is 3.69. The Morgan fingerprint density at radius 2 is 2.00 bits per heavy atom. The minimum absolute atomic E-state index is 0.0129. The van der Waals surface area contributed by atoms with Gasteiger partial charge in [-0.15, -0.1) is 10.2 Å². The predicted octanol–water partition coefficient (Wildman–Crippen LogP) is 2.81. The number of hydrogen-bond acceptors (Lipinski definition) is 5. The number of aromatic nitrogens is 3. The maximum absolute atomic E-state index is 12.0. The van der Waals surface area contributed by atoms with Crippen LogP contribution in [-0.4, -0.2) is 45.2 Å². The number of carbonyl (C=O) groups is 1. The summed E-state index contributed by atoms with van der Waals surface area (Å²) in [6, 6.07) is 7.97. The molecule has 1 aliphatic rings. The van der Waals surface area contributed by atoms with Crippen LogP contribution in [0.15, 0.2) is 34.9 Å². The zero-order valence-corrected chi connectivity index (χ0v) is 15.6. The first-order valence-corrected chi connectivity index (χ1v) is 9.64. The fourth-order valence-electron chi connectivity index (χ4n) is 3.69. The summed E-state index contributed by atoms with van der Waals surface area (Å²) in [5, 5.41) is 12.4. The molecule has 0 radical (unpaired) electrons. The Kier molecular flexibility index (Phi) is 5.20. The van der Waals surface area contributed by atoms with Gasteiger partial charge in [0.2, 0.25) is 17.7 Å². The second-order valence-corrected chi connectivity index (χ2v) is 6.98. The minimum Gasteiger partial charge on any atom is -0.419 e. The summed E-state index contributed by atoms with van der Waals surface area (Å²) in [7, 11) is 0. The Hall–Kier alpha value is -2.67. The zero-order chi connectivity index (χ0) is 18.6. The normalized spacial score (nSPS) is 15.3. The van der Waals surface area contributed by atoms with Gasteiger partial charge in [-0.2, -0.15) is 0 Å². The van der Waals surface area contributed by atoms with Crippen LogP contribution in [0.1, 0.15) is 32.1 Å². The van der Waals surface area contributed by atoms with Gasteiger partial charge in [0.05, 0.1) is 12.1 Å². The number of amides is 1. The van der Waals surface area contributed by atoms with Gasteiger partial charge in [0.25, 0.3) is 0 Å². The molecule has 0 unspecified atom stereocenters. The number of piperidine rings is 1. The SMILES string of the molecule is CCNC(=O)Cn1cc(-c2nnc(CN3CCCCC3)o2)c2ccccc21. The molecule has 3 heterocycles. The van der Waals surface area contributed by atoms with E-state index in [4.69, 9.17) is 4.42 Å². The number of nitrogens with zero attached hydrogens (tertiary/aromatic N) is 4. The summed E-state index contributed by atoms with van der Waals surface area (Å²) < 4.78 is 7.90. The summed E-state index contributed by atoms with van der Waals surface area (Å²) in [5.74, 6) is 1.14. The minimum atomic E-state index is -0.0129. The van der Waals surface area contributed by atoms with Gasteiger partial charge >= 0.3 is 0 Å². The van der Waals surface area contributed by atoms with E-state index in [-0.39, 0.29) is 12.5 Å². The van der Waals surface area contributed by atoms with E-state index in [1.54, 1.807) is 0 Å². The standard InChI is InChI=1S/C20H25N5O2/c1-2-21-18(26)13-25-12-16(15-8-4-5-9-17(15)25)20-23-22-19(27-20)14-24-10-6-3-7-11-24/h4-5,8-9,12H,2-3,6-7,10-11,13-14H2,1H3,(H,21,26). The second-order valence-electron chi connectivity index (χ2n) is 6.98. The highest BCUT2D eigenvalue weighted by atomic mass is 16.4. The maximum atomic E-state index is 12.0. The molecule has 0 spiro atoms. The van der Waals surface area contributed by atoms with Crippen molar-refractivity contribution in [1.29, 1.82) is 0 Å². The van der Waals surface area contributed by atoms with Crippen LogP contribution in [0.3, 0.4) is 0 Å². The number of rotatable bonds is 6. The molecule has 7 heteroatoms. The third kappa shape index (κ3) is 3.88. The molecule has 1 aliphatic heterocycles. The molecule has 7 nitrogen and oxygen atoms in total. The highest BCUT2D eigenvalue weighted by molar-refractivity contribution is 5.94. The molecule has 142 valence electrons. The van der Waals surface area contributed by atoms with E-state index in [2.05, 4.69) is 20.4 Å². The Balaban J connectivity index is 1.60. The van der Waals surface area contributed by atoms with Crippen LogP contribution in [0.5, 0.6) is 0 Å². The molecule has 1 amide bonds. The van der Waals surface area contributed by atoms with E-state index in [9.17, 15) is 4.79 Å². The quantitative estimate of drug-likeness (QED) is 0.725. The van der Waals surface area contributed by atoms with Crippen molar-refractivity contribution in [2.75, 3.05) is 19.6 Å². The van der Waals surface area contributed by atoms with Crippen molar-refractivity contribution in [3.05, 3.63) is 36.4 Å². The molecular weight excluding hydrogens is 342 g/mol. The van der Waals surface area contributed by atoms with Crippen molar-refractivity contribution in [3.63, 3.8) is 0 Å². The van der Waals surface area contributed by atoms with Crippen LogP contribution in [0.4, 0.5) is 0 Å². The summed E-state index contributed by atoms with van der Waals surface area (Å²) in [6.07, 6.45) is 5.69. The number of benzene rings is 1. The molecule has 0 atom stereocenters. The van der Waals surface area contributed by atoms with Crippen LogP contribution >= 0.6 is 0 Å². The molecule has 27 heavy (non-hydrogen) atoms. The first-order valence-electron chi connectivity index (χ1n) is 9.64. The number of likely N-dealkylation sites (N-methyl/N-ethyl adjacent to an activating group) is 1. The highest BCUT2D eigenvalue weighted by Crippen LogP contribution is 2.30. The molecule has 1 aromatic carbocycles. The third-order valence-electron chi connectivity index (χ3n) is 4.98. The van der Waals surface area contributed by atoms with Crippen molar-refractivity contribution < 1.29 is 9.21 Å². The summed E-state index contributed by atoms with van der Waals surface area (Å²) >= 11 is 0. The lowest BCUT2D eigenvalue weighted by Gasteiger charge is -2.24. The lowest BCUT2D eigenvalue weighted by molar-refractivity contribution is -0.121. The molecule has 0 aliphatic carbocycles. The van der Waals surface area contributed by atoms with Crippen LogP contribution in [0, 0.1) is 0 Å². The van der Waals surface area contributed by atoms with E-state index >= 15 is 0 Å². The van der Waals surface area contributed by atoms with Crippen molar-refractivity contribution >= 4 is 16.8 Å². The number of nitrogens with one attached hydrogen (secondary N) is 1. The molecule has 3 aromatic rings. The van der Waals surface area contributed by atoms with E-state index < -0.39 is 0 Å². The number of carbonyl (C=O) groups excluding carboxylic acids is 1. The van der Waals surface area contributed by atoms with Crippen molar-refractivity contribution in [2.24, 2.45) is 0 Å². The number of hydrogen-bond donors (Lipinski definition) is 1. The van der Waals surface area contributed by atoms with Gasteiger partial charge in [0.15, 0.2) is 0 Å². The Morgan fingerprint density at radius 3 is 2.81 bits per heavy atom. The average Bonchev–Trinajstić information content (AvgIpc) is 3.28. The van der Waals surface area contributed by atoms with Gasteiger partial charge in [0.1, 0.15) is 6.54 Å². The first kappa shape index (κ1) is 17.7. The molecule has 0 bridgehead atoms. The average molecular weight is 367 g/mol. The van der Waals surface area contributed by atoms with E-state index in [1.807, 2.05) is 42.0 Å². The van der Waals surface area contributed by atoms with Crippen LogP contribution in [0.2, 0.25) is 0 Å². The summed E-state index contributed by atoms with van der Waals surface area (Å²) in [5.41, 5.74) is 1.85. The van der Waals surface area contributed by atoms with Crippen molar-refractivity contribution in [3.8, 4) is 11.5 Å². The van der Waals surface area contributed by atoms with Gasteiger partial charge in [-0.1, -0.05) is 24.6 Å². The Morgan fingerprint density at radius 1 is 1.19 bits per heavy atom. The third-order valence-corrected chi connectivity index (χ3v) is 4.98. The first-order chi connectivity index (χ1) is 13.2. The van der Waals surface area contributed by atoms with Crippen molar-refractivity contribution in [2.45, 2.75) is 39.3 Å². The van der Waals surface area contributed by atoms with Gasteiger partial charge in [-0.25, -0.2) is 0 Å². The lowest BCUT2D eigenvalue weighted by atomic mass is 10.1. The van der Waals surface area contributed by atoms with E-state index in [1.165, 1.54) is 19.3 Å². The van der Waals surface area contributed by atoms with Gasteiger partial charge in [-0.3, -0.25) is 9.69 Å². The predicted molar refractivity (Wildman–Crippen MR) is 103 cm³/mol.